The van der Waals surface area contributed by atoms with Crippen LogP contribution in [0.2, 0.25) is 5.02 Å². The van der Waals surface area contributed by atoms with Gasteiger partial charge in [0.15, 0.2) is 5.82 Å². The van der Waals surface area contributed by atoms with Crippen LogP contribution in [-0.4, -0.2) is 34.2 Å². The highest BCUT2D eigenvalue weighted by Gasteiger charge is 2.27. The van der Waals surface area contributed by atoms with E-state index in [1.807, 2.05) is 66.7 Å². The van der Waals surface area contributed by atoms with E-state index in [0.29, 0.717) is 11.6 Å². The molecule has 0 spiro atoms. The smallest absolute Gasteiger partial charge is 0.229 e. The fraction of sp³-hybridized carbons (Fsp3) is 0.200. The van der Waals surface area contributed by atoms with Gasteiger partial charge in [0.1, 0.15) is 0 Å². The number of rotatable bonds is 4. The summed E-state index contributed by atoms with van der Waals surface area (Å²) in [5.41, 5.74) is 3.39. The van der Waals surface area contributed by atoms with Gasteiger partial charge in [-0.3, -0.25) is 9.78 Å². The number of carbonyl (C=O) groups is 1. The maximum atomic E-state index is 12.9. The Morgan fingerprint density at radius 1 is 1.03 bits per heavy atom. The molecule has 32 heavy (non-hydrogen) atoms. The molecule has 4 aromatic rings. The summed E-state index contributed by atoms with van der Waals surface area (Å²) in [6, 6.07) is 21.3. The molecule has 1 aliphatic heterocycles. The SMILES string of the molecule is O=C(Nc1cnc2ccccc2c1)C1CCCN(c2ccc(-c3ccc(Cl)cc3)nn2)C1. The fourth-order valence-corrected chi connectivity index (χ4v) is 4.18. The zero-order valence-corrected chi connectivity index (χ0v) is 18.2. The van der Waals surface area contributed by atoms with Crippen molar-refractivity contribution in [1.29, 1.82) is 0 Å². The van der Waals surface area contributed by atoms with Gasteiger partial charge in [-0.15, -0.1) is 10.2 Å². The molecule has 6 nitrogen and oxygen atoms in total. The van der Waals surface area contributed by atoms with Gasteiger partial charge in [-0.1, -0.05) is 41.9 Å². The summed E-state index contributed by atoms with van der Waals surface area (Å²) in [6.45, 7) is 1.47. The molecule has 1 aliphatic rings. The van der Waals surface area contributed by atoms with Gasteiger partial charge in [-0.05, 0) is 49.2 Å². The molecule has 3 heterocycles. The Morgan fingerprint density at radius 2 is 1.88 bits per heavy atom. The number of hydrogen-bond donors (Lipinski definition) is 1. The predicted molar refractivity (Wildman–Crippen MR) is 128 cm³/mol. The van der Waals surface area contributed by atoms with Crippen LogP contribution < -0.4 is 10.2 Å². The first-order valence-electron chi connectivity index (χ1n) is 10.7. The van der Waals surface area contributed by atoms with Crippen molar-refractivity contribution >= 4 is 39.9 Å². The number of halogens is 1. The van der Waals surface area contributed by atoms with Gasteiger partial charge in [-0.25, -0.2) is 0 Å². The van der Waals surface area contributed by atoms with E-state index in [4.69, 9.17) is 11.6 Å². The van der Waals surface area contributed by atoms with Crippen LogP contribution in [0.3, 0.4) is 0 Å². The minimum atomic E-state index is -0.118. The summed E-state index contributed by atoms with van der Waals surface area (Å²) >= 11 is 5.96. The average molecular weight is 444 g/mol. The zero-order chi connectivity index (χ0) is 21.9. The molecule has 0 radical (unpaired) electrons. The Labute approximate surface area is 191 Å². The molecular formula is C25H22ClN5O. The van der Waals surface area contributed by atoms with Gasteiger partial charge in [0.2, 0.25) is 5.91 Å². The van der Waals surface area contributed by atoms with Crippen molar-refractivity contribution in [2.45, 2.75) is 12.8 Å². The zero-order valence-electron chi connectivity index (χ0n) is 17.4. The van der Waals surface area contributed by atoms with Crippen LogP contribution in [0.1, 0.15) is 12.8 Å². The van der Waals surface area contributed by atoms with Crippen LogP contribution in [0.4, 0.5) is 11.5 Å². The van der Waals surface area contributed by atoms with E-state index in [1.54, 1.807) is 6.20 Å². The first-order chi connectivity index (χ1) is 15.7. The summed E-state index contributed by atoms with van der Waals surface area (Å²) in [5, 5.41) is 13.5. The number of para-hydroxylation sites is 1. The lowest BCUT2D eigenvalue weighted by Crippen LogP contribution is -2.41. The van der Waals surface area contributed by atoms with Crippen LogP contribution in [0.15, 0.2) is 72.9 Å². The third-order valence-electron chi connectivity index (χ3n) is 5.76. The van der Waals surface area contributed by atoms with E-state index in [-0.39, 0.29) is 11.8 Å². The van der Waals surface area contributed by atoms with Crippen molar-refractivity contribution in [2.75, 3.05) is 23.3 Å². The molecule has 1 unspecified atom stereocenters. The number of hydrogen-bond acceptors (Lipinski definition) is 5. The van der Waals surface area contributed by atoms with E-state index >= 15 is 0 Å². The van der Waals surface area contributed by atoms with Crippen molar-refractivity contribution in [1.82, 2.24) is 15.2 Å². The fourth-order valence-electron chi connectivity index (χ4n) is 4.05. The normalized spacial score (nSPS) is 16.2. The molecule has 2 aromatic carbocycles. The molecule has 1 fully saturated rings. The Bertz CT molecular complexity index is 1240. The van der Waals surface area contributed by atoms with Gasteiger partial charge in [0.25, 0.3) is 0 Å². The number of carbonyl (C=O) groups excluding carboxylic acids is 1. The van der Waals surface area contributed by atoms with Crippen molar-refractivity contribution in [2.24, 2.45) is 5.92 Å². The second-order valence-electron chi connectivity index (χ2n) is 7.97. The van der Waals surface area contributed by atoms with E-state index in [9.17, 15) is 4.79 Å². The summed E-state index contributed by atoms with van der Waals surface area (Å²) < 4.78 is 0. The highest BCUT2D eigenvalue weighted by atomic mass is 35.5. The number of anilines is 2. The molecule has 1 saturated heterocycles. The molecular weight excluding hydrogens is 422 g/mol. The van der Waals surface area contributed by atoms with Gasteiger partial charge < -0.3 is 10.2 Å². The summed E-state index contributed by atoms with van der Waals surface area (Å²) in [7, 11) is 0. The van der Waals surface area contributed by atoms with Crippen LogP contribution >= 0.6 is 11.6 Å². The van der Waals surface area contributed by atoms with Crippen LogP contribution in [-0.2, 0) is 4.79 Å². The number of piperidine rings is 1. The quantitative estimate of drug-likeness (QED) is 0.469. The molecule has 0 aliphatic carbocycles. The van der Waals surface area contributed by atoms with Gasteiger partial charge >= 0.3 is 0 Å². The average Bonchev–Trinajstić information content (AvgIpc) is 2.85. The van der Waals surface area contributed by atoms with Crippen LogP contribution in [0.5, 0.6) is 0 Å². The second-order valence-corrected chi connectivity index (χ2v) is 8.41. The van der Waals surface area contributed by atoms with Crippen LogP contribution in [0.25, 0.3) is 22.2 Å². The molecule has 0 bridgehead atoms. The lowest BCUT2D eigenvalue weighted by Gasteiger charge is -2.32. The number of fused-ring (bicyclic) bond motifs is 1. The second kappa shape index (κ2) is 8.93. The van der Waals surface area contributed by atoms with Gasteiger partial charge in [0, 0.05) is 29.1 Å². The summed E-state index contributed by atoms with van der Waals surface area (Å²) in [6.07, 6.45) is 3.48. The molecule has 5 rings (SSSR count). The largest absolute Gasteiger partial charge is 0.354 e. The Balaban J connectivity index is 1.26. The molecule has 1 N–H and O–H groups in total. The monoisotopic (exact) mass is 443 g/mol. The minimum Gasteiger partial charge on any atom is -0.354 e. The summed E-state index contributed by atoms with van der Waals surface area (Å²) in [5.74, 6) is 0.679. The Morgan fingerprint density at radius 3 is 2.69 bits per heavy atom. The topological polar surface area (TPSA) is 71.0 Å². The number of benzene rings is 2. The highest BCUT2D eigenvalue weighted by Crippen LogP contribution is 2.25. The number of pyridine rings is 1. The molecule has 7 heteroatoms. The maximum absolute atomic E-state index is 12.9. The molecule has 1 amide bonds. The number of nitrogens with one attached hydrogen (secondary N) is 1. The van der Waals surface area contributed by atoms with Gasteiger partial charge in [0.05, 0.1) is 29.0 Å². The van der Waals surface area contributed by atoms with Crippen molar-refractivity contribution < 1.29 is 4.79 Å². The van der Waals surface area contributed by atoms with E-state index in [2.05, 4.69) is 25.4 Å². The first-order valence-corrected chi connectivity index (χ1v) is 11.0. The van der Waals surface area contributed by atoms with Crippen molar-refractivity contribution in [3.8, 4) is 11.3 Å². The minimum absolute atomic E-state index is 0.0116. The van der Waals surface area contributed by atoms with Crippen molar-refractivity contribution in [3.63, 3.8) is 0 Å². The van der Waals surface area contributed by atoms with Gasteiger partial charge in [-0.2, -0.15) is 0 Å². The van der Waals surface area contributed by atoms with E-state index < -0.39 is 0 Å². The van der Waals surface area contributed by atoms with Crippen LogP contribution in [0, 0.1) is 5.92 Å². The third-order valence-corrected chi connectivity index (χ3v) is 6.02. The van der Waals surface area contributed by atoms with E-state index in [1.165, 1.54) is 0 Å². The molecule has 2 aromatic heterocycles. The number of amides is 1. The Hall–Kier alpha value is -3.51. The lowest BCUT2D eigenvalue weighted by molar-refractivity contribution is -0.120. The lowest BCUT2D eigenvalue weighted by atomic mass is 9.97. The Kier molecular flexibility index (Phi) is 5.69. The molecule has 1 atom stereocenters. The summed E-state index contributed by atoms with van der Waals surface area (Å²) in [4.78, 5) is 19.5. The first kappa shape index (κ1) is 20.4. The highest BCUT2D eigenvalue weighted by molar-refractivity contribution is 6.30. The predicted octanol–water partition coefficient (Wildman–Crippen LogP) is 5.20. The molecule has 0 saturated carbocycles. The van der Waals surface area contributed by atoms with Crippen molar-refractivity contribution in [3.05, 3.63) is 77.9 Å². The maximum Gasteiger partial charge on any atom is 0.229 e. The number of aromatic nitrogens is 3. The van der Waals surface area contributed by atoms with E-state index in [0.717, 1.165) is 53.1 Å². The molecule has 160 valence electrons. The number of nitrogens with zero attached hydrogens (tertiary/aromatic N) is 4. The standard InChI is InChI=1S/C25H22ClN5O/c26-20-9-7-17(8-10-20)23-11-12-24(30-29-23)31-13-3-5-19(16-31)25(32)28-21-14-18-4-1-2-6-22(18)27-15-21/h1-2,4,6-12,14-15,19H,3,5,13,16H2,(H,28,32). The third kappa shape index (κ3) is 4.41.